The van der Waals surface area contributed by atoms with E-state index in [1.807, 2.05) is 19.1 Å². The summed E-state index contributed by atoms with van der Waals surface area (Å²) in [5, 5.41) is 9.96. The summed E-state index contributed by atoms with van der Waals surface area (Å²) in [5.74, 6) is -0.683. The molecule has 1 N–H and O–H groups in total. The Morgan fingerprint density at radius 2 is 1.89 bits per heavy atom. The fraction of sp³-hybridized carbons (Fsp3) is 0.393. The first kappa shape index (κ1) is 25.9. The minimum Gasteiger partial charge on any atom is -0.492 e. The van der Waals surface area contributed by atoms with Crippen LogP contribution >= 0.6 is 11.6 Å². The molecular weight excluding hydrogens is 481 g/mol. The number of hydrogen-bond donors (Lipinski definition) is 1. The molecule has 1 fully saturated rings. The molecule has 8 heteroatoms. The lowest BCUT2D eigenvalue weighted by molar-refractivity contribution is -0.136. The molecule has 1 aromatic carbocycles. The molecular formula is C28H31ClFN3O3. The maximum atomic E-state index is 14.0. The van der Waals surface area contributed by atoms with E-state index in [0.29, 0.717) is 34.1 Å². The van der Waals surface area contributed by atoms with E-state index in [0.717, 1.165) is 42.7 Å². The topological polar surface area (TPSA) is 75.6 Å². The first-order chi connectivity index (χ1) is 17.1. The van der Waals surface area contributed by atoms with E-state index in [1.54, 1.807) is 24.5 Å². The number of aryl methyl sites for hydroxylation is 1. The van der Waals surface area contributed by atoms with Crippen molar-refractivity contribution >= 4 is 23.3 Å². The zero-order valence-corrected chi connectivity index (χ0v) is 21.6. The Hall–Kier alpha value is -3.19. The van der Waals surface area contributed by atoms with Crippen molar-refractivity contribution in [2.45, 2.75) is 46.5 Å². The first-order valence-corrected chi connectivity index (χ1v) is 12.5. The molecule has 3 heterocycles. The molecule has 0 amide bonds. The van der Waals surface area contributed by atoms with Gasteiger partial charge in [-0.2, -0.15) is 0 Å². The minimum absolute atomic E-state index is 0.0955. The van der Waals surface area contributed by atoms with Gasteiger partial charge in [0.05, 0.1) is 30.6 Å². The molecule has 0 saturated carbocycles. The lowest BCUT2D eigenvalue weighted by Gasteiger charge is -2.40. The Bertz CT molecular complexity index is 1220. The number of anilines is 1. The number of benzene rings is 1. The summed E-state index contributed by atoms with van der Waals surface area (Å²) in [6, 6.07) is 8.27. The molecule has 1 aliphatic heterocycles. The van der Waals surface area contributed by atoms with Crippen molar-refractivity contribution in [1.82, 2.24) is 9.97 Å². The Morgan fingerprint density at radius 1 is 1.14 bits per heavy atom. The van der Waals surface area contributed by atoms with Gasteiger partial charge in [0.15, 0.2) is 0 Å². The number of aliphatic carboxylic acids is 1. The average molecular weight is 512 g/mol. The molecule has 0 unspecified atom stereocenters. The number of halogens is 2. The van der Waals surface area contributed by atoms with Crippen LogP contribution in [0.2, 0.25) is 5.02 Å². The van der Waals surface area contributed by atoms with Crippen LogP contribution in [-0.4, -0.2) is 40.7 Å². The van der Waals surface area contributed by atoms with Gasteiger partial charge in [-0.3, -0.25) is 14.8 Å². The maximum Gasteiger partial charge on any atom is 0.307 e. The van der Waals surface area contributed by atoms with Crippen LogP contribution in [0, 0.1) is 18.2 Å². The van der Waals surface area contributed by atoms with E-state index in [1.165, 1.54) is 6.07 Å². The van der Waals surface area contributed by atoms with Gasteiger partial charge in [-0.15, -0.1) is 0 Å². The van der Waals surface area contributed by atoms with Gasteiger partial charge in [0.1, 0.15) is 11.6 Å². The zero-order valence-electron chi connectivity index (χ0n) is 20.9. The van der Waals surface area contributed by atoms with Gasteiger partial charge in [0, 0.05) is 53.1 Å². The SMILES string of the molecule is Cc1ncc(-c2ccc(OCCc3c(F)cccc3Cl)cn2)c(N2CCC(C)(C)CC2)c1CC(=O)O. The third-order valence-electron chi connectivity index (χ3n) is 6.82. The predicted molar refractivity (Wildman–Crippen MR) is 139 cm³/mol. The minimum atomic E-state index is -0.887. The van der Waals surface area contributed by atoms with E-state index in [9.17, 15) is 14.3 Å². The molecule has 0 bridgehead atoms. The normalized spacial score (nSPS) is 15.1. The molecule has 1 saturated heterocycles. The van der Waals surface area contributed by atoms with Gasteiger partial charge in [-0.25, -0.2) is 4.39 Å². The number of carbonyl (C=O) groups is 1. The van der Waals surface area contributed by atoms with E-state index in [-0.39, 0.29) is 24.3 Å². The van der Waals surface area contributed by atoms with Crippen molar-refractivity contribution in [3.63, 3.8) is 0 Å². The second-order valence-electron chi connectivity index (χ2n) is 9.98. The monoisotopic (exact) mass is 511 g/mol. The molecule has 0 radical (unpaired) electrons. The Balaban J connectivity index is 1.57. The molecule has 6 nitrogen and oxygen atoms in total. The van der Waals surface area contributed by atoms with Gasteiger partial charge in [-0.05, 0) is 49.4 Å². The molecule has 1 aliphatic rings. The first-order valence-electron chi connectivity index (χ1n) is 12.1. The molecule has 36 heavy (non-hydrogen) atoms. The number of nitrogens with zero attached hydrogens (tertiary/aromatic N) is 3. The van der Waals surface area contributed by atoms with Crippen molar-refractivity contribution in [3.8, 4) is 17.0 Å². The number of carboxylic acid groups (broad SMARTS) is 1. The molecule has 190 valence electrons. The van der Waals surface area contributed by atoms with Gasteiger partial charge >= 0.3 is 5.97 Å². The molecule has 4 rings (SSSR count). The number of aromatic nitrogens is 2. The van der Waals surface area contributed by atoms with Gasteiger partial charge < -0.3 is 14.7 Å². The van der Waals surface area contributed by atoms with Crippen LogP contribution in [-0.2, 0) is 17.6 Å². The largest absolute Gasteiger partial charge is 0.492 e. The molecule has 2 aromatic heterocycles. The number of piperidine rings is 1. The highest BCUT2D eigenvalue weighted by Crippen LogP contribution is 2.39. The Kier molecular flexibility index (Phi) is 7.79. The van der Waals surface area contributed by atoms with E-state index < -0.39 is 5.97 Å². The number of rotatable bonds is 8. The fourth-order valence-corrected chi connectivity index (χ4v) is 4.81. The van der Waals surface area contributed by atoms with Crippen LogP contribution in [0.25, 0.3) is 11.3 Å². The molecule has 0 aliphatic carbocycles. The third-order valence-corrected chi connectivity index (χ3v) is 7.18. The van der Waals surface area contributed by atoms with Crippen LogP contribution in [0.15, 0.2) is 42.7 Å². The summed E-state index contributed by atoms with van der Waals surface area (Å²) in [4.78, 5) is 23.1. The highest BCUT2D eigenvalue weighted by molar-refractivity contribution is 6.31. The second kappa shape index (κ2) is 10.8. The van der Waals surface area contributed by atoms with Crippen molar-refractivity contribution in [2.24, 2.45) is 5.41 Å². The highest BCUT2D eigenvalue weighted by atomic mass is 35.5. The number of hydrogen-bond acceptors (Lipinski definition) is 5. The Labute approximate surface area is 216 Å². The van der Waals surface area contributed by atoms with Crippen LogP contribution in [0.3, 0.4) is 0 Å². The smallest absolute Gasteiger partial charge is 0.307 e. The van der Waals surface area contributed by atoms with Crippen molar-refractivity contribution < 1.29 is 19.0 Å². The van der Waals surface area contributed by atoms with Crippen molar-refractivity contribution in [1.29, 1.82) is 0 Å². The van der Waals surface area contributed by atoms with Crippen molar-refractivity contribution in [2.75, 3.05) is 24.6 Å². The molecule has 0 atom stereocenters. The summed E-state index contributed by atoms with van der Waals surface area (Å²) in [5.41, 5.74) is 4.53. The van der Waals surface area contributed by atoms with E-state index in [2.05, 4.69) is 28.7 Å². The maximum absolute atomic E-state index is 14.0. The molecule has 3 aromatic rings. The van der Waals surface area contributed by atoms with Crippen LogP contribution in [0.5, 0.6) is 5.75 Å². The second-order valence-corrected chi connectivity index (χ2v) is 10.4. The van der Waals surface area contributed by atoms with Crippen LogP contribution in [0.4, 0.5) is 10.1 Å². The standard InChI is InChI=1S/C28H31ClFN3O3/c1-18-21(15-26(34)35)27(33-12-10-28(2,3)11-13-33)22(17-31-18)25-8-7-19(16-32-25)36-14-9-20-23(29)5-4-6-24(20)30/h4-8,16-17H,9-15H2,1-3H3,(H,34,35). The summed E-state index contributed by atoms with van der Waals surface area (Å²) in [6.45, 7) is 8.33. The number of pyridine rings is 2. The lowest BCUT2D eigenvalue weighted by atomic mass is 9.82. The summed E-state index contributed by atoms with van der Waals surface area (Å²) in [6.07, 6.45) is 5.68. The van der Waals surface area contributed by atoms with Gasteiger partial charge in [0.2, 0.25) is 0 Å². The predicted octanol–water partition coefficient (Wildman–Crippen LogP) is 6.12. The third kappa shape index (κ3) is 5.95. The van der Waals surface area contributed by atoms with Crippen molar-refractivity contribution in [3.05, 3.63) is 70.4 Å². The van der Waals surface area contributed by atoms with Crippen LogP contribution < -0.4 is 9.64 Å². The average Bonchev–Trinajstić information content (AvgIpc) is 2.83. The number of ether oxygens (including phenoxy) is 1. The van der Waals surface area contributed by atoms with Gasteiger partial charge in [-0.1, -0.05) is 31.5 Å². The zero-order chi connectivity index (χ0) is 25.9. The lowest BCUT2D eigenvalue weighted by Crippen LogP contribution is -2.38. The Morgan fingerprint density at radius 3 is 2.53 bits per heavy atom. The highest BCUT2D eigenvalue weighted by Gasteiger charge is 2.29. The fourth-order valence-electron chi connectivity index (χ4n) is 4.55. The van der Waals surface area contributed by atoms with E-state index >= 15 is 0 Å². The molecule has 0 spiro atoms. The van der Waals surface area contributed by atoms with E-state index in [4.69, 9.17) is 16.3 Å². The van der Waals surface area contributed by atoms with Crippen LogP contribution in [0.1, 0.15) is 43.5 Å². The summed E-state index contributed by atoms with van der Waals surface area (Å²) in [7, 11) is 0. The summed E-state index contributed by atoms with van der Waals surface area (Å²) >= 11 is 6.10. The van der Waals surface area contributed by atoms with Gasteiger partial charge in [0.25, 0.3) is 0 Å². The summed E-state index contributed by atoms with van der Waals surface area (Å²) < 4.78 is 19.8. The number of carboxylic acids is 1. The quantitative estimate of drug-likeness (QED) is 0.392.